The number of alkyl halides is 3. The molecule has 3 rings (SSSR count). The van der Waals surface area contributed by atoms with Crippen LogP contribution in [-0.4, -0.2) is 89.1 Å². The van der Waals surface area contributed by atoms with E-state index in [1.807, 2.05) is 27.7 Å². The van der Waals surface area contributed by atoms with Gasteiger partial charge in [0.2, 0.25) is 11.7 Å². The molecule has 0 spiro atoms. The van der Waals surface area contributed by atoms with Gasteiger partial charge in [-0.2, -0.15) is 13.2 Å². The summed E-state index contributed by atoms with van der Waals surface area (Å²) in [7, 11) is 0. The first-order chi connectivity index (χ1) is 24.0. The van der Waals surface area contributed by atoms with E-state index in [2.05, 4.69) is 27.8 Å². The summed E-state index contributed by atoms with van der Waals surface area (Å²) in [6.07, 6.45) is 1.39. The number of Topliss-reactive ketones (excluding diaryl/α,β-unsaturated/α-hetero) is 2. The summed E-state index contributed by atoms with van der Waals surface area (Å²) in [5.41, 5.74) is 0. The van der Waals surface area contributed by atoms with E-state index in [9.17, 15) is 42.3 Å². The van der Waals surface area contributed by atoms with Crippen LogP contribution in [0.1, 0.15) is 111 Å². The van der Waals surface area contributed by atoms with Gasteiger partial charge in [-0.15, -0.1) is 6.58 Å². The van der Waals surface area contributed by atoms with Crippen LogP contribution >= 0.6 is 0 Å². The highest BCUT2D eigenvalue weighted by molar-refractivity contribution is 6.38. The fraction of sp³-hybridized carbons (Fsp3) is 0.811. The van der Waals surface area contributed by atoms with Gasteiger partial charge < -0.3 is 26.4 Å². The topological polar surface area (TPSA) is 157 Å². The molecule has 0 bridgehead atoms. The van der Waals surface area contributed by atoms with Crippen LogP contribution in [0.5, 0.6) is 0 Å². The van der Waals surface area contributed by atoms with Crippen LogP contribution in [0, 0.1) is 29.6 Å². The first-order valence-corrected chi connectivity index (χ1v) is 18.9. The fourth-order valence-corrected chi connectivity index (χ4v) is 7.38. The van der Waals surface area contributed by atoms with E-state index in [-0.39, 0.29) is 67.6 Å². The SMILES string of the molecule is C=CCNC(=O)C(=O)C(CCCCCC(F)(F)F)NC(=O)[C@@H]1C[C@@H](C(C)C)CN1C(O)[C@@H](NC(=O)N[C@H](C(=O)C1CC1)C(C)C)C1CCCCC1. The summed E-state index contributed by atoms with van der Waals surface area (Å²) >= 11 is 0. The van der Waals surface area contributed by atoms with E-state index in [4.69, 9.17) is 0 Å². The lowest BCUT2D eigenvalue weighted by atomic mass is 9.82. The summed E-state index contributed by atoms with van der Waals surface area (Å²) < 4.78 is 38.1. The molecule has 3 fully saturated rings. The zero-order valence-corrected chi connectivity index (χ0v) is 30.7. The van der Waals surface area contributed by atoms with E-state index in [1.54, 1.807) is 4.90 Å². The summed E-state index contributed by atoms with van der Waals surface area (Å²) in [5, 5.41) is 23.0. The van der Waals surface area contributed by atoms with Crippen molar-refractivity contribution in [2.24, 2.45) is 29.6 Å². The molecule has 0 aromatic carbocycles. The van der Waals surface area contributed by atoms with E-state index >= 15 is 0 Å². The quantitative estimate of drug-likeness (QED) is 0.0687. The van der Waals surface area contributed by atoms with Crippen molar-refractivity contribution in [3.05, 3.63) is 12.7 Å². The number of aliphatic hydroxyl groups excluding tert-OH is 1. The lowest BCUT2D eigenvalue weighted by Gasteiger charge is -2.40. The van der Waals surface area contributed by atoms with Crippen LogP contribution < -0.4 is 21.3 Å². The van der Waals surface area contributed by atoms with Crippen LogP contribution in [0.2, 0.25) is 0 Å². The largest absolute Gasteiger partial charge is 0.389 e. The molecule has 1 saturated heterocycles. The number of likely N-dealkylation sites (tertiary alicyclic amines) is 1. The molecule has 2 saturated carbocycles. The number of nitrogens with one attached hydrogen (secondary N) is 4. The summed E-state index contributed by atoms with van der Waals surface area (Å²) in [5.74, 6) is -2.55. The van der Waals surface area contributed by atoms with E-state index in [1.165, 1.54) is 6.08 Å². The van der Waals surface area contributed by atoms with Crippen molar-refractivity contribution in [1.82, 2.24) is 26.2 Å². The standard InChI is InChI=1S/C37H60F3N5O6/c1-6-19-41-34(49)32(47)27(15-11-8-12-18-37(38,39)40)42-33(48)28-20-26(22(2)3)21-45(28)35(50)30(24-13-9-7-10-14-24)44-36(51)43-29(23(4)5)31(46)25-16-17-25/h6,22-30,35,50H,1,7-21H2,2-5H3,(H,41,49)(H,42,48)(H2,43,44,51)/t26-,27?,28+,29+,30+,35?/m1/s1. The van der Waals surface area contributed by atoms with Crippen molar-refractivity contribution in [2.75, 3.05) is 13.1 Å². The molecule has 2 aliphatic carbocycles. The molecular formula is C37H60F3N5O6. The number of urea groups is 1. The Labute approximate surface area is 300 Å². The number of aliphatic hydroxyl groups is 1. The summed E-state index contributed by atoms with van der Waals surface area (Å²) in [6.45, 7) is 11.7. The maximum absolute atomic E-state index is 14.0. The zero-order chi connectivity index (χ0) is 37.9. The Kier molecular flexibility index (Phi) is 16.4. The molecule has 11 nitrogen and oxygen atoms in total. The first kappa shape index (κ1) is 42.4. The predicted molar refractivity (Wildman–Crippen MR) is 187 cm³/mol. The Morgan fingerprint density at radius 1 is 0.902 bits per heavy atom. The summed E-state index contributed by atoms with van der Waals surface area (Å²) in [4.78, 5) is 68.0. The average molecular weight is 728 g/mol. The third kappa shape index (κ3) is 13.2. The van der Waals surface area contributed by atoms with Crippen molar-refractivity contribution < 1.29 is 42.3 Å². The van der Waals surface area contributed by atoms with Crippen LogP contribution in [0.4, 0.5) is 18.0 Å². The van der Waals surface area contributed by atoms with E-state index in [0.717, 1.165) is 44.9 Å². The van der Waals surface area contributed by atoms with Crippen molar-refractivity contribution in [1.29, 1.82) is 0 Å². The van der Waals surface area contributed by atoms with Crippen molar-refractivity contribution >= 4 is 29.4 Å². The molecule has 290 valence electrons. The highest BCUT2D eigenvalue weighted by Crippen LogP contribution is 2.35. The molecule has 6 atom stereocenters. The van der Waals surface area contributed by atoms with Crippen LogP contribution in [0.25, 0.3) is 0 Å². The molecule has 14 heteroatoms. The molecule has 1 heterocycles. The molecule has 0 aromatic heterocycles. The van der Waals surface area contributed by atoms with E-state index < -0.39 is 66.6 Å². The monoisotopic (exact) mass is 727 g/mol. The van der Waals surface area contributed by atoms with Gasteiger partial charge in [-0.05, 0) is 68.6 Å². The Balaban J connectivity index is 1.82. The van der Waals surface area contributed by atoms with Crippen LogP contribution in [0.15, 0.2) is 12.7 Å². The lowest BCUT2D eigenvalue weighted by molar-refractivity contribution is -0.141. The number of ketones is 2. The second-order valence-electron chi connectivity index (χ2n) is 15.4. The Morgan fingerprint density at radius 2 is 1.57 bits per heavy atom. The third-order valence-electron chi connectivity index (χ3n) is 10.7. The number of halogens is 3. The molecule has 5 N–H and O–H groups in total. The fourth-order valence-electron chi connectivity index (χ4n) is 7.38. The second kappa shape index (κ2) is 19.7. The molecule has 4 amide bonds. The highest BCUT2D eigenvalue weighted by Gasteiger charge is 2.46. The molecule has 1 aliphatic heterocycles. The molecular weight excluding hydrogens is 667 g/mol. The zero-order valence-electron chi connectivity index (χ0n) is 30.7. The Bertz CT molecular complexity index is 1200. The number of nitrogens with zero attached hydrogens (tertiary/aromatic N) is 1. The normalized spacial score (nSPS) is 22.5. The van der Waals surface area contributed by atoms with Gasteiger partial charge in [-0.25, -0.2) is 4.79 Å². The van der Waals surface area contributed by atoms with Gasteiger partial charge in [0.25, 0.3) is 5.91 Å². The van der Waals surface area contributed by atoms with Crippen molar-refractivity contribution in [3.8, 4) is 0 Å². The Morgan fingerprint density at radius 3 is 2.14 bits per heavy atom. The number of hydrogen-bond acceptors (Lipinski definition) is 7. The third-order valence-corrected chi connectivity index (χ3v) is 10.7. The molecule has 2 unspecified atom stereocenters. The first-order valence-electron chi connectivity index (χ1n) is 18.9. The number of amides is 4. The minimum atomic E-state index is -4.30. The maximum atomic E-state index is 14.0. The number of rotatable bonds is 20. The lowest BCUT2D eigenvalue weighted by Crippen LogP contribution is -2.62. The van der Waals surface area contributed by atoms with Gasteiger partial charge >= 0.3 is 12.2 Å². The minimum absolute atomic E-state index is 0.00796. The molecule has 51 heavy (non-hydrogen) atoms. The maximum Gasteiger partial charge on any atom is 0.389 e. The van der Waals surface area contributed by atoms with Gasteiger partial charge in [0.1, 0.15) is 6.23 Å². The van der Waals surface area contributed by atoms with Gasteiger partial charge in [-0.1, -0.05) is 65.9 Å². The van der Waals surface area contributed by atoms with E-state index in [0.29, 0.717) is 13.0 Å². The van der Waals surface area contributed by atoms with Gasteiger partial charge in [0, 0.05) is 25.4 Å². The van der Waals surface area contributed by atoms with Gasteiger partial charge in [0.15, 0.2) is 5.78 Å². The number of carbonyl (C=O) groups is 5. The van der Waals surface area contributed by atoms with Crippen LogP contribution in [-0.2, 0) is 19.2 Å². The minimum Gasteiger partial charge on any atom is -0.376 e. The number of unbranched alkanes of at least 4 members (excludes halogenated alkanes) is 2. The van der Waals surface area contributed by atoms with Crippen molar-refractivity contribution in [3.63, 3.8) is 0 Å². The molecule has 0 radical (unpaired) electrons. The predicted octanol–water partition coefficient (Wildman–Crippen LogP) is 4.77. The second-order valence-corrected chi connectivity index (χ2v) is 15.4. The van der Waals surface area contributed by atoms with Gasteiger partial charge in [0.05, 0.1) is 24.2 Å². The number of carbonyl (C=O) groups excluding carboxylic acids is 5. The summed E-state index contributed by atoms with van der Waals surface area (Å²) in [6, 6.07) is -4.16. The smallest absolute Gasteiger partial charge is 0.376 e. The molecule has 0 aromatic rings. The Hall–Kier alpha value is -3.00. The molecule has 3 aliphatic rings. The highest BCUT2D eigenvalue weighted by atomic mass is 19.4. The van der Waals surface area contributed by atoms with Crippen molar-refractivity contribution in [2.45, 2.75) is 148 Å². The number of hydrogen-bond donors (Lipinski definition) is 5. The van der Waals surface area contributed by atoms with Crippen LogP contribution in [0.3, 0.4) is 0 Å². The van der Waals surface area contributed by atoms with Gasteiger partial charge in [-0.3, -0.25) is 24.1 Å². The average Bonchev–Trinajstić information content (AvgIpc) is 3.83.